The molecule has 0 aromatic carbocycles. The summed E-state index contributed by atoms with van der Waals surface area (Å²) in [6.07, 6.45) is 2.65. The van der Waals surface area contributed by atoms with Crippen molar-refractivity contribution in [1.29, 1.82) is 0 Å². The molecule has 0 atom stereocenters. The Bertz CT molecular complexity index is 345. The largest absolute Gasteiger partial charge is 0.480 e. The van der Waals surface area contributed by atoms with Crippen LogP contribution in [0.15, 0.2) is 0 Å². The number of carboxylic acid groups (broad SMARTS) is 1. The quantitative estimate of drug-likeness (QED) is 0.562. The van der Waals surface area contributed by atoms with E-state index in [1.54, 1.807) is 12.0 Å². The SMILES string of the molecule is COCCOC1CCN(C(=O)C2(C(=O)O)CC2)CC1. The number of carboxylic acids is 1. The highest BCUT2D eigenvalue weighted by Crippen LogP contribution is 2.47. The zero-order chi connectivity index (χ0) is 13.9. The molecule has 1 heterocycles. The van der Waals surface area contributed by atoms with Gasteiger partial charge in [-0.15, -0.1) is 0 Å². The van der Waals surface area contributed by atoms with Gasteiger partial charge in [-0.05, 0) is 25.7 Å². The number of hydrogen-bond acceptors (Lipinski definition) is 4. The van der Waals surface area contributed by atoms with Gasteiger partial charge >= 0.3 is 5.97 Å². The van der Waals surface area contributed by atoms with Crippen molar-refractivity contribution in [2.75, 3.05) is 33.4 Å². The first-order valence-corrected chi connectivity index (χ1v) is 6.73. The number of nitrogens with zero attached hydrogens (tertiary/aromatic N) is 1. The average Bonchev–Trinajstić information content (AvgIpc) is 3.20. The highest BCUT2D eigenvalue weighted by atomic mass is 16.5. The third kappa shape index (κ3) is 3.06. The summed E-state index contributed by atoms with van der Waals surface area (Å²) in [5, 5.41) is 9.11. The molecule has 0 aromatic heterocycles. The summed E-state index contributed by atoms with van der Waals surface area (Å²) < 4.78 is 10.5. The van der Waals surface area contributed by atoms with Gasteiger partial charge in [0.1, 0.15) is 5.41 Å². The summed E-state index contributed by atoms with van der Waals surface area (Å²) in [4.78, 5) is 25.0. The fourth-order valence-corrected chi connectivity index (χ4v) is 2.47. The van der Waals surface area contributed by atoms with E-state index in [4.69, 9.17) is 14.6 Å². The van der Waals surface area contributed by atoms with Crippen LogP contribution in [0.1, 0.15) is 25.7 Å². The molecule has 0 bridgehead atoms. The second-order valence-electron chi connectivity index (χ2n) is 5.24. The second kappa shape index (κ2) is 5.88. The van der Waals surface area contributed by atoms with E-state index in [0.717, 1.165) is 12.8 Å². The van der Waals surface area contributed by atoms with Gasteiger partial charge in [0, 0.05) is 20.2 Å². The molecular formula is C13H21NO5. The molecule has 1 aliphatic heterocycles. The van der Waals surface area contributed by atoms with Crippen molar-refractivity contribution in [2.24, 2.45) is 5.41 Å². The maximum atomic E-state index is 12.2. The van der Waals surface area contributed by atoms with Crippen LogP contribution in [0.5, 0.6) is 0 Å². The molecule has 1 saturated carbocycles. The Morgan fingerprint density at radius 2 is 1.89 bits per heavy atom. The predicted octanol–water partition coefficient (Wildman–Crippen LogP) is 0.505. The molecular weight excluding hydrogens is 250 g/mol. The number of rotatable bonds is 6. The third-order valence-corrected chi connectivity index (χ3v) is 3.94. The standard InChI is InChI=1S/C13H21NO5/c1-18-8-9-19-10-2-6-14(7-3-10)11(15)13(4-5-13)12(16)17/h10H,2-9H2,1H3,(H,16,17). The molecule has 2 rings (SSSR count). The first kappa shape index (κ1) is 14.3. The summed E-state index contributed by atoms with van der Waals surface area (Å²) in [5.74, 6) is -1.19. The minimum absolute atomic E-state index is 0.152. The molecule has 0 unspecified atom stereocenters. The Hall–Kier alpha value is -1.14. The van der Waals surface area contributed by atoms with Crippen LogP contribution in [0.4, 0.5) is 0 Å². The van der Waals surface area contributed by atoms with Crippen LogP contribution in [0.2, 0.25) is 0 Å². The van der Waals surface area contributed by atoms with Gasteiger partial charge < -0.3 is 19.5 Å². The van der Waals surface area contributed by atoms with Crippen molar-refractivity contribution in [3.8, 4) is 0 Å². The van der Waals surface area contributed by atoms with Gasteiger partial charge in [0.25, 0.3) is 0 Å². The Morgan fingerprint density at radius 1 is 1.26 bits per heavy atom. The third-order valence-electron chi connectivity index (χ3n) is 3.94. The molecule has 0 aromatic rings. The van der Waals surface area contributed by atoms with Gasteiger partial charge in [-0.3, -0.25) is 9.59 Å². The summed E-state index contributed by atoms with van der Waals surface area (Å²) in [6, 6.07) is 0. The zero-order valence-corrected chi connectivity index (χ0v) is 11.3. The minimum atomic E-state index is -1.11. The van der Waals surface area contributed by atoms with E-state index >= 15 is 0 Å². The highest BCUT2D eigenvalue weighted by Gasteiger charge is 2.58. The lowest BCUT2D eigenvalue weighted by molar-refractivity contribution is -0.154. The van der Waals surface area contributed by atoms with E-state index in [1.165, 1.54) is 0 Å². The van der Waals surface area contributed by atoms with E-state index in [9.17, 15) is 9.59 Å². The smallest absolute Gasteiger partial charge is 0.319 e. The summed E-state index contributed by atoms with van der Waals surface area (Å²) in [7, 11) is 1.63. The number of hydrogen-bond donors (Lipinski definition) is 1. The molecule has 1 amide bonds. The molecule has 2 fully saturated rings. The summed E-state index contributed by atoms with van der Waals surface area (Å²) in [5.41, 5.74) is -1.11. The molecule has 1 saturated heterocycles. The van der Waals surface area contributed by atoms with E-state index < -0.39 is 11.4 Å². The monoisotopic (exact) mass is 271 g/mol. The lowest BCUT2D eigenvalue weighted by atomic mass is 10.0. The number of carbonyl (C=O) groups is 2. The van der Waals surface area contributed by atoms with E-state index in [1.807, 2.05) is 0 Å². The van der Waals surface area contributed by atoms with Gasteiger partial charge in [-0.25, -0.2) is 0 Å². The number of likely N-dealkylation sites (tertiary alicyclic amines) is 1. The predicted molar refractivity (Wildman–Crippen MR) is 66.7 cm³/mol. The Labute approximate surface area is 112 Å². The lowest BCUT2D eigenvalue weighted by Crippen LogP contribution is -2.46. The van der Waals surface area contributed by atoms with Crippen molar-refractivity contribution in [3.63, 3.8) is 0 Å². The van der Waals surface area contributed by atoms with Crippen molar-refractivity contribution >= 4 is 11.9 Å². The van der Waals surface area contributed by atoms with E-state index in [0.29, 0.717) is 39.1 Å². The van der Waals surface area contributed by atoms with Gasteiger partial charge in [0.2, 0.25) is 5.91 Å². The first-order chi connectivity index (χ1) is 9.10. The summed E-state index contributed by atoms with van der Waals surface area (Å²) in [6.45, 7) is 2.31. The molecule has 6 nitrogen and oxygen atoms in total. The molecule has 19 heavy (non-hydrogen) atoms. The molecule has 108 valence electrons. The molecule has 0 radical (unpaired) electrons. The van der Waals surface area contributed by atoms with E-state index in [2.05, 4.69) is 0 Å². The average molecular weight is 271 g/mol. The molecule has 1 aliphatic carbocycles. The first-order valence-electron chi connectivity index (χ1n) is 6.73. The van der Waals surface area contributed by atoms with Gasteiger partial charge in [-0.2, -0.15) is 0 Å². The van der Waals surface area contributed by atoms with Crippen LogP contribution in [0, 0.1) is 5.41 Å². The minimum Gasteiger partial charge on any atom is -0.480 e. The Morgan fingerprint density at radius 3 is 2.37 bits per heavy atom. The van der Waals surface area contributed by atoms with Crippen molar-refractivity contribution < 1.29 is 24.2 Å². The van der Waals surface area contributed by atoms with Crippen molar-refractivity contribution in [1.82, 2.24) is 4.90 Å². The number of ether oxygens (including phenoxy) is 2. The Balaban J connectivity index is 1.77. The number of carbonyl (C=O) groups excluding carboxylic acids is 1. The summed E-state index contributed by atoms with van der Waals surface area (Å²) >= 11 is 0. The second-order valence-corrected chi connectivity index (χ2v) is 5.24. The van der Waals surface area contributed by atoms with Crippen LogP contribution in [-0.4, -0.2) is 61.4 Å². The number of piperidine rings is 1. The lowest BCUT2D eigenvalue weighted by Gasteiger charge is -2.33. The van der Waals surface area contributed by atoms with Gasteiger partial charge in [0.05, 0.1) is 19.3 Å². The molecule has 6 heteroatoms. The van der Waals surface area contributed by atoms with E-state index in [-0.39, 0.29) is 12.0 Å². The molecule has 0 spiro atoms. The highest BCUT2D eigenvalue weighted by molar-refractivity contribution is 6.04. The van der Waals surface area contributed by atoms with Gasteiger partial charge in [-0.1, -0.05) is 0 Å². The number of aliphatic carboxylic acids is 1. The van der Waals surface area contributed by atoms with Crippen LogP contribution in [0.3, 0.4) is 0 Å². The number of methoxy groups -OCH3 is 1. The van der Waals surface area contributed by atoms with Crippen LogP contribution < -0.4 is 0 Å². The number of amides is 1. The van der Waals surface area contributed by atoms with Gasteiger partial charge in [0.15, 0.2) is 0 Å². The van der Waals surface area contributed by atoms with Crippen LogP contribution in [-0.2, 0) is 19.1 Å². The fraction of sp³-hybridized carbons (Fsp3) is 0.846. The maximum Gasteiger partial charge on any atom is 0.319 e. The maximum absolute atomic E-state index is 12.2. The zero-order valence-electron chi connectivity index (χ0n) is 11.3. The van der Waals surface area contributed by atoms with Crippen molar-refractivity contribution in [2.45, 2.75) is 31.8 Å². The van der Waals surface area contributed by atoms with Crippen LogP contribution >= 0.6 is 0 Å². The fourth-order valence-electron chi connectivity index (χ4n) is 2.47. The van der Waals surface area contributed by atoms with Crippen LogP contribution in [0.25, 0.3) is 0 Å². The molecule has 2 aliphatic rings. The normalized spacial score (nSPS) is 22.3. The Kier molecular flexibility index (Phi) is 4.42. The van der Waals surface area contributed by atoms with Crippen molar-refractivity contribution in [3.05, 3.63) is 0 Å². The molecule has 1 N–H and O–H groups in total. The topological polar surface area (TPSA) is 76.1 Å².